The zero-order valence-corrected chi connectivity index (χ0v) is 13.2. The molecule has 2 N–H and O–H groups in total. The van der Waals surface area contributed by atoms with Crippen molar-refractivity contribution in [3.8, 4) is 11.5 Å². The van der Waals surface area contributed by atoms with Crippen molar-refractivity contribution in [3.05, 3.63) is 23.8 Å². The first-order valence-electron chi connectivity index (χ1n) is 7.54. The lowest BCUT2D eigenvalue weighted by Crippen LogP contribution is -2.44. The first-order chi connectivity index (χ1) is 11.1. The molecular formula is C16H21NO6. The number of hydrogen-bond acceptors (Lipinski definition) is 6. The average molecular weight is 323 g/mol. The minimum absolute atomic E-state index is 0.128. The van der Waals surface area contributed by atoms with Crippen LogP contribution in [0.3, 0.4) is 0 Å². The van der Waals surface area contributed by atoms with Crippen molar-refractivity contribution in [3.63, 3.8) is 0 Å². The van der Waals surface area contributed by atoms with E-state index in [2.05, 4.69) is 5.32 Å². The number of carbonyl (C=O) groups excluding carboxylic acids is 1. The lowest BCUT2D eigenvalue weighted by Gasteiger charge is -2.17. The number of carbonyl (C=O) groups is 1. The van der Waals surface area contributed by atoms with Gasteiger partial charge in [-0.15, -0.1) is 0 Å². The van der Waals surface area contributed by atoms with E-state index in [4.69, 9.17) is 18.9 Å². The second-order valence-corrected chi connectivity index (χ2v) is 5.70. The van der Waals surface area contributed by atoms with Crippen LogP contribution in [0.4, 0.5) is 0 Å². The number of aliphatic hydroxyl groups excluding tert-OH is 1. The summed E-state index contributed by atoms with van der Waals surface area (Å²) in [7, 11) is 3.12. The zero-order valence-electron chi connectivity index (χ0n) is 13.2. The Bertz CT molecular complexity index is 578. The lowest BCUT2D eigenvalue weighted by atomic mass is 10.1. The third-order valence-corrected chi connectivity index (χ3v) is 4.19. The number of ether oxygens (including phenoxy) is 4. The lowest BCUT2D eigenvalue weighted by molar-refractivity contribution is -0.121. The van der Waals surface area contributed by atoms with Gasteiger partial charge in [0.05, 0.1) is 39.9 Å². The molecule has 0 bridgehead atoms. The van der Waals surface area contributed by atoms with E-state index in [-0.39, 0.29) is 37.2 Å². The normalized spacial score (nSPS) is 29.2. The summed E-state index contributed by atoms with van der Waals surface area (Å²) in [6, 6.07) is 5.14. The quantitative estimate of drug-likeness (QED) is 0.786. The fraction of sp³-hybridized carbons (Fsp3) is 0.562. The van der Waals surface area contributed by atoms with Gasteiger partial charge in [0.1, 0.15) is 18.3 Å². The van der Waals surface area contributed by atoms with Crippen LogP contribution in [0.5, 0.6) is 11.5 Å². The summed E-state index contributed by atoms with van der Waals surface area (Å²) in [6.45, 7) is 0.599. The summed E-state index contributed by atoms with van der Waals surface area (Å²) in [5.74, 6) is 1.08. The van der Waals surface area contributed by atoms with Crippen molar-refractivity contribution >= 4 is 5.91 Å². The van der Waals surface area contributed by atoms with Crippen molar-refractivity contribution in [2.24, 2.45) is 0 Å². The Morgan fingerprint density at radius 3 is 2.70 bits per heavy atom. The number of nitrogens with one attached hydrogen (secondary N) is 1. The maximum atomic E-state index is 12.2. The van der Waals surface area contributed by atoms with Crippen molar-refractivity contribution in [1.29, 1.82) is 0 Å². The molecule has 0 aromatic heterocycles. The van der Waals surface area contributed by atoms with Crippen LogP contribution in [0.2, 0.25) is 0 Å². The van der Waals surface area contributed by atoms with E-state index in [1.165, 1.54) is 0 Å². The van der Waals surface area contributed by atoms with Crippen LogP contribution in [0.1, 0.15) is 5.56 Å². The van der Waals surface area contributed by atoms with Crippen molar-refractivity contribution in [2.75, 3.05) is 27.4 Å². The molecule has 23 heavy (non-hydrogen) atoms. The molecule has 2 aliphatic heterocycles. The maximum absolute atomic E-state index is 12.2. The predicted molar refractivity (Wildman–Crippen MR) is 80.7 cm³/mol. The molecule has 7 heteroatoms. The molecule has 0 unspecified atom stereocenters. The van der Waals surface area contributed by atoms with Gasteiger partial charge in [0.2, 0.25) is 5.91 Å². The van der Waals surface area contributed by atoms with E-state index < -0.39 is 6.10 Å². The van der Waals surface area contributed by atoms with Crippen LogP contribution < -0.4 is 14.8 Å². The fourth-order valence-corrected chi connectivity index (χ4v) is 3.04. The van der Waals surface area contributed by atoms with E-state index in [0.717, 1.165) is 5.56 Å². The molecule has 4 atom stereocenters. The molecule has 2 fully saturated rings. The number of methoxy groups -OCH3 is 2. The highest BCUT2D eigenvalue weighted by Crippen LogP contribution is 2.28. The number of amides is 1. The largest absolute Gasteiger partial charge is 0.493 e. The molecule has 0 spiro atoms. The van der Waals surface area contributed by atoms with Gasteiger partial charge in [-0.25, -0.2) is 0 Å². The van der Waals surface area contributed by atoms with Crippen molar-refractivity contribution < 1.29 is 28.8 Å². The molecule has 7 nitrogen and oxygen atoms in total. The Kier molecular flexibility index (Phi) is 4.70. The van der Waals surface area contributed by atoms with Gasteiger partial charge in [0.15, 0.2) is 11.5 Å². The SMILES string of the molecule is COc1ccc(CC(=O)N[C@@H]2CO[C@H]3[C@@H]2OC[C@H]3O)cc1OC. The minimum Gasteiger partial charge on any atom is -0.493 e. The Labute approximate surface area is 134 Å². The second kappa shape index (κ2) is 6.74. The molecule has 1 amide bonds. The second-order valence-electron chi connectivity index (χ2n) is 5.70. The molecule has 126 valence electrons. The Morgan fingerprint density at radius 2 is 1.96 bits per heavy atom. The van der Waals surface area contributed by atoms with Crippen LogP contribution >= 0.6 is 0 Å². The Hall–Kier alpha value is -1.83. The van der Waals surface area contributed by atoms with Gasteiger partial charge in [-0.2, -0.15) is 0 Å². The molecule has 0 radical (unpaired) electrons. The molecule has 2 aliphatic rings. The highest BCUT2D eigenvalue weighted by atomic mass is 16.6. The van der Waals surface area contributed by atoms with Gasteiger partial charge in [0.25, 0.3) is 0 Å². The van der Waals surface area contributed by atoms with Crippen LogP contribution in [-0.4, -0.2) is 62.8 Å². The van der Waals surface area contributed by atoms with E-state index in [0.29, 0.717) is 18.1 Å². The monoisotopic (exact) mass is 323 g/mol. The van der Waals surface area contributed by atoms with Gasteiger partial charge >= 0.3 is 0 Å². The number of benzene rings is 1. The molecule has 0 saturated carbocycles. The summed E-state index contributed by atoms with van der Waals surface area (Å²) in [5.41, 5.74) is 0.822. The average Bonchev–Trinajstić information content (AvgIpc) is 3.11. The number of hydrogen-bond donors (Lipinski definition) is 2. The van der Waals surface area contributed by atoms with Crippen LogP contribution in [0, 0.1) is 0 Å². The number of aliphatic hydroxyl groups is 1. The predicted octanol–water partition coefficient (Wildman–Crippen LogP) is -0.110. The molecule has 3 rings (SSSR count). The molecule has 2 saturated heterocycles. The molecule has 1 aromatic rings. The standard InChI is InChI=1S/C16H21NO6/c1-20-12-4-3-9(5-13(12)21-2)6-14(19)17-10-7-22-16-11(18)8-23-15(10)16/h3-5,10-11,15-16,18H,6-8H2,1-2H3,(H,17,19)/t10-,11-,15-,16-/m1/s1. The summed E-state index contributed by atoms with van der Waals surface area (Å²) in [6.07, 6.45) is -1.02. The summed E-state index contributed by atoms with van der Waals surface area (Å²) < 4.78 is 21.4. The Morgan fingerprint density at radius 1 is 1.22 bits per heavy atom. The smallest absolute Gasteiger partial charge is 0.224 e. The van der Waals surface area contributed by atoms with Crippen LogP contribution in [-0.2, 0) is 20.7 Å². The highest BCUT2D eigenvalue weighted by Gasteiger charge is 2.47. The fourth-order valence-electron chi connectivity index (χ4n) is 3.04. The van der Waals surface area contributed by atoms with Crippen LogP contribution in [0.25, 0.3) is 0 Å². The number of rotatable bonds is 5. The van der Waals surface area contributed by atoms with E-state index in [1.807, 2.05) is 6.07 Å². The summed E-state index contributed by atoms with van der Waals surface area (Å²) in [4.78, 5) is 12.2. The van der Waals surface area contributed by atoms with E-state index in [9.17, 15) is 9.90 Å². The number of fused-ring (bicyclic) bond motifs is 1. The van der Waals surface area contributed by atoms with Crippen molar-refractivity contribution in [2.45, 2.75) is 30.8 Å². The van der Waals surface area contributed by atoms with Gasteiger partial charge in [-0.1, -0.05) is 6.07 Å². The first-order valence-corrected chi connectivity index (χ1v) is 7.54. The summed E-state index contributed by atoms with van der Waals surface area (Å²) in [5, 5.41) is 12.6. The molecule has 2 heterocycles. The first kappa shape index (κ1) is 16.0. The van der Waals surface area contributed by atoms with E-state index in [1.54, 1.807) is 26.4 Å². The minimum atomic E-state index is -0.618. The third-order valence-electron chi connectivity index (χ3n) is 4.19. The maximum Gasteiger partial charge on any atom is 0.224 e. The van der Waals surface area contributed by atoms with Gasteiger partial charge < -0.3 is 29.4 Å². The van der Waals surface area contributed by atoms with Gasteiger partial charge in [-0.05, 0) is 17.7 Å². The topological polar surface area (TPSA) is 86.3 Å². The Balaban J connectivity index is 1.59. The highest BCUT2D eigenvalue weighted by molar-refractivity contribution is 5.79. The molecule has 0 aliphatic carbocycles. The van der Waals surface area contributed by atoms with Gasteiger partial charge in [0, 0.05) is 0 Å². The van der Waals surface area contributed by atoms with Gasteiger partial charge in [-0.3, -0.25) is 4.79 Å². The zero-order chi connectivity index (χ0) is 16.4. The molecular weight excluding hydrogens is 302 g/mol. The van der Waals surface area contributed by atoms with Crippen LogP contribution in [0.15, 0.2) is 18.2 Å². The third kappa shape index (κ3) is 3.26. The summed E-state index contributed by atoms with van der Waals surface area (Å²) >= 11 is 0. The van der Waals surface area contributed by atoms with E-state index >= 15 is 0 Å². The van der Waals surface area contributed by atoms with Crippen molar-refractivity contribution in [1.82, 2.24) is 5.32 Å². The molecule has 1 aromatic carbocycles.